The molecule has 1 aliphatic heterocycles. The average Bonchev–Trinajstić information content (AvgIpc) is 2.84. The highest BCUT2D eigenvalue weighted by Gasteiger charge is 2.40. The highest BCUT2D eigenvalue weighted by atomic mass is 16.4. The molecule has 1 heterocycles. The molecule has 108 valence electrons. The van der Waals surface area contributed by atoms with E-state index >= 15 is 0 Å². The van der Waals surface area contributed by atoms with Crippen molar-refractivity contribution >= 4 is 12.0 Å². The summed E-state index contributed by atoms with van der Waals surface area (Å²) in [6.45, 7) is 5.83. The van der Waals surface area contributed by atoms with E-state index in [-0.39, 0.29) is 17.9 Å². The van der Waals surface area contributed by atoms with Gasteiger partial charge in [-0.05, 0) is 24.7 Å². The number of nitrogens with one attached hydrogen (secondary N) is 1. The molecule has 2 fully saturated rings. The van der Waals surface area contributed by atoms with Crippen molar-refractivity contribution in [3.8, 4) is 0 Å². The summed E-state index contributed by atoms with van der Waals surface area (Å²) in [4.78, 5) is 25.1. The highest BCUT2D eigenvalue weighted by molar-refractivity contribution is 5.77. The molecule has 5 heteroatoms. The van der Waals surface area contributed by atoms with Crippen LogP contribution < -0.4 is 5.32 Å². The molecule has 0 aromatic rings. The number of aliphatic carboxylic acids is 1. The molecule has 1 aliphatic carbocycles. The van der Waals surface area contributed by atoms with Gasteiger partial charge in [0.05, 0.1) is 12.0 Å². The molecule has 0 bridgehead atoms. The Morgan fingerprint density at radius 3 is 2.32 bits per heavy atom. The van der Waals surface area contributed by atoms with Crippen LogP contribution in [0, 0.1) is 5.41 Å². The van der Waals surface area contributed by atoms with Gasteiger partial charge in [-0.1, -0.05) is 26.7 Å². The molecule has 2 N–H and O–H groups in total. The number of hydrogen-bond acceptors (Lipinski definition) is 2. The van der Waals surface area contributed by atoms with Gasteiger partial charge >= 0.3 is 12.0 Å². The van der Waals surface area contributed by atoms with E-state index < -0.39 is 11.5 Å². The predicted molar refractivity (Wildman–Crippen MR) is 72.0 cm³/mol. The molecule has 0 radical (unpaired) electrons. The average molecular weight is 268 g/mol. The quantitative estimate of drug-likeness (QED) is 0.824. The molecule has 0 unspecified atom stereocenters. The number of urea groups is 1. The van der Waals surface area contributed by atoms with Crippen molar-refractivity contribution in [3.63, 3.8) is 0 Å². The first-order valence-corrected chi connectivity index (χ1v) is 7.11. The topological polar surface area (TPSA) is 69.6 Å². The van der Waals surface area contributed by atoms with Gasteiger partial charge in [0, 0.05) is 13.1 Å². The van der Waals surface area contributed by atoms with Crippen LogP contribution in [0.25, 0.3) is 0 Å². The fourth-order valence-electron chi connectivity index (χ4n) is 3.28. The first-order valence-electron chi connectivity index (χ1n) is 7.11. The van der Waals surface area contributed by atoms with Crippen molar-refractivity contribution in [3.05, 3.63) is 0 Å². The summed E-state index contributed by atoms with van der Waals surface area (Å²) >= 11 is 0. The van der Waals surface area contributed by atoms with Gasteiger partial charge in [-0.25, -0.2) is 4.79 Å². The monoisotopic (exact) mass is 268 g/mol. The fraction of sp³-hybridized carbons (Fsp3) is 0.857. The molecular formula is C14H24N2O3. The number of carbonyl (C=O) groups is 2. The Morgan fingerprint density at radius 1 is 1.21 bits per heavy atom. The smallest absolute Gasteiger partial charge is 0.317 e. The number of carboxylic acids is 1. The van der Waals surface area contributed by atoms with Crippen molar-refractivity contribution in [1.29, 1.82) is 0 Å². The van der Waals surface area contributed by atoms with E-state index in [9.17, 15) is 9.59 Å². The number of likely N-dealkylation sites (tertiary alicyclic amines) is 1. The normalized spacial score (nSPS) is 24.4. The zero-order chi connectivity index (χ0) is 14.1. The third-order valence-electron chi connectivity index (χ3n) is 4.39. The molecule has 1 saturated heterocycles. The van der Waals surface area contributed by atoms with Crippen LogP contribution in [0.2, 0.25) is 0 Å². The number of nitrogens with zero attached hydrogens (tertiary/aromatic N) is 1. The van der Waals surface area contributed by atoms with Crippen LogP contribution in [0.15, 0.2) is 0 Å². The Labute approximate surface area is 114 Å². The van der Waals surface area contributed by atoms with Crippen molar-refractivity contribution in [1.82, 2.24) is 10.2 Å². The Kier molecular flexibility index (Phi) is 3.74. The Morgan fingerprint density at radius 2 is 1.84 bits per heavy atom. The summed E-state index contributed by atoms with van der Waals surface area (Å²) in [5, 5.41) is 12.0. The molecule has 19 heavy (non-hydrogen) atoms. The summed E-state index contributed by atoms with van der Waals surface area (Å²) in [7, 11) is 0. The summed E-state index contributed by atoms with van der Waals surface area (Å²) in [6, 6.07) is -0.0891. The first kappa shape index (κ1) is 14.2. The predicted octanol–water partition coefficient (Wildman–Crippen LogP) is 2.22. The maximum absolute atomic E-state index is 12.3. The van der Waals surface area contributed by atoms with Crippen molar-refractivity contribution in [2.45, 2.75) is 57.9 Å². The minimum absolute atomic E-state index is 0.0377. The molecular weight excluding hydrogens is 244 g/mol. The number of amides is 2. The van der Waals surface area contributed by atoms with Crippen molar-refractivity contribution < 1.29 is 14.7 Å². The molecule has 0 spiro atoms. The molecule has 0 atom stereocenters. The van der Waals surface area contributed by atoms with Crippen molar-refractivity contribution in [2.24, 2.45) is 5.41 Å². The number of carbonyl (C=O) groups excluding carboxylic acids is 1. The summed E-state index contributed by atoms with van der Waals surface area (Å²) in [5.41, 5.74) is -0.345. The molecule has 1 saturated carbocycles. The van der Waals surface area contributed by atoms with E-state index in [1.165, 1.54) is 0 Å². The molecule has 2 amide bonds. The first-order chi connectivity index (χ1) is 8.82. The molecule has 5 nitrogen and oxygen atoms in total. The van der Waals surface area contributed by atoms with E-state index in [4.69, 9.17) is 5.11 Å². The Balaban J connectivity index is 1.98. The van der Waals surface area contributed by atoms with Crippen LogP contribution in [0.4, 0.5) is 4.79 Å². The van der Waals surface area contributed by atoms with E-state index in [0.29, 0.717) is 0 Å². The van der Waals surface area contributed by atoms with E-state index in [0.717, 1.165) is 45.2 Å². The van der Waals surface area contributed by atoms with E-state index in [2.05, 4.69) is 19.2 Å². The lowest BCUT2D eigenvalue weighted by molar-refractivity contribution is -0.138. The highest BCUT2D eigenvalue weighted by Crippen LogP contribution is 2.34. The standard InChI is InChI=1S/C14H24N2O3/c1-13(2)7-8-16(10-13)12(19)15-14(9-11(17)18)5-3-4-6-14/h3-10H2,1-2H3,(H,15,19)(H,17,18). The second-order valence-corrected chi connectivity index (χ2v) is 6.82. The zero-order valence-electron chi connectivity index (χ0n) is 11.9. The minimum Gasteiger partial charge on any atom is -0.481 e. The van der Waals surface area contributed by atoms with Gasteiger partial charge in [-0.3, -0.25) is 4.79 Å². The lowest BCUT2D eigenvalue weighted by Gasteiger charge is -2.31. The zero-order valence-corrected chi connectivity index (χ0v) is 11.9. The maximum atomic E-state index is 12.3. The molecule has 0 aromatic carbocycles. The van der Waals surface area contributed by atoms with Gasteiger partial charge in [0.25, 0.3) is 0 Å². The summed E-state index contributed by atoms with van der Waals surface area (Å²) in [5.74, 6) is -0.830. The number of hydrogen-bond donors (Lipinski definition) is 2. The van der Waals surface area contributed by atoms with Gasteiger partial charge in [-0.15, -0.1) is 0 Å². The van der Waals surface area contributed by atoms with Gasteiger partial charge in [0.1, 0.15) is 0 Å². The lowest BCUT2D eigenvalue weighted by Crippen LogP contribution is -2.52. The lowest BCUT2D eigenvalue weighted by atomic mass is 9.93. The number of rotatable bonds is 3. The van der Waals surface area contributed by atoms with Crippen LogP contribution in [0.1, 0.15) is 52.4 Å². The van der Waals surface area contributed by atoms with Gasteiger partial charge in [-0.2, -0.15) is 0 Å². The van der Waals surface area contributed by atoms with E-state index in [1.807, 2.05) is 4.90 Å². The largest absolute Gasteiger partial charge is 0.481 e. The van der Waals surface area contributed by atoms with E-state index in [1.54, 1.807) is 0 Å². The Bertz CT molecular complexity index is 373. The van der Waals surface area contributed by atoms with Gasteiger partial charge in [0.15, 0.2) is 0 Å². The van der Waals surface area contributed by atoms with Crippen LogP contribution >= 0.6 is 0 Å². The SMILES string of the molecule is CC1(C)CCN(C(=O)NC2(CC(=O)O)CCCC2)C1. The molecule has 2 aliphatic rings. The molecule has 0 aromatic heterocycles. The Hall–Kier alpha value is -1.26. The second kappa shape index (κ2) is 5.02. The minimum atomic E-state index is -0.830. The summed E-state index contributed by atoms with van der Waals surface area (Å²) < 4.78 is 0. The van der Waals surface area contributed by atoms with Crippen LogP contribution in [0.3, 0.4) is 0 Å². The second-order valence-electron chi connectivity index (χ2n) is 6.82. The van der Waals surface area contributed by atoms with Crippen LogP contribution in [0.5, 0.6) is 0 Å². The fourth-order valence-corrected chi connectivity index (χ4v) is 3.28. The van der Waals surface area contributed by atoms with Crippen LogP contribution in [-0.4, -0.2) is 40.6 Å². The van der Waals surface area contributed by atoms with Crippen molar-refractivity contribution in [2.75, 3.05) is 13.1 Å². The third-order valence-corrected chi connectivity index (χ3v) is 4.39. The van der Waals surface area contributed by atoms with Gasteiger partial charge < -0.3 is 15.3 Å². The maximum Gasteiger partial charge on any atom is 0.317 e. The number of carboxylic acid groups (broad SMARTS) is 1. The third kappa shape index (κ3) is 3.39. The van der Waals surface area contributed by atoms with Gasteiger partial charge in [0.2, 0.25) is 0 Å². The molecule has 2 rings (SSSR count). The summed E-state index contributed by atoms with van der Waals surface area (Å²) in [6.07, 6.45) is 4.60. The van der Waals surface area contributed by atoms with Crippen LogP contribution in [-0.2, 0) is 4.79 Å².